The van der Waals surface area contributed by atoms with Crippen LogP contribution in [0, 0.1) is 20.7 Å². The molecule has 0 heterocycles. The van der Waals surface area contributed by atoms with E-state index in [1.54, 1.807) is 43.4 Å². The summed E-state index contributed by atoms with van der Waals surface area (Å²) in [5, 5.41) is 2.52. The fourth-order valence-corrected chi connectivity index (χ4v) is 7.08. The first kappa shape index (κ1) is 36.5. The average molecular weight is 874 g/mol. The lowest BCUT2D eigenvalue weighted by molar-refractivity contribution is -0.169. The number of hydrogen-bond donors (Lipinski definition) is 1. The van der Waals surface area contributed by atoms with Crippen molar-refractivity contribution in [1.29, 1.82) is 0 Å². The minimum Gasteiger partial charge on any atom is -0.496 e. The molecule has 0 aliphatic heterocycles. The molecule has 0 radical (unpaired) electrons. The molecule has 0 unspecified atom stereocenters. The zero-order chi connectivity index (χ0) is 34.2. The number of benzene rings is 2. The number of nitrogens with one attached hydrogen (secondary N) is 1. The van der Waals surface area contributed by atoms with Crippen LogP contribution in [0.1, 0.15) is 82.1 Å². The van der Waals surface area contributed by atoms with Crippen molar-refractivity contribution in [3.8, 4) is 11.5 Å². The second-order valence-corrected chi connectivity index (χ2v) is 15.4. The number of methoxy groups -OCH3 is 1. The predicted octanol–water partition coefficient (Wildman–Crippen LogP) is 8.02. The van der Waals surface area contributed by atoms with Gasteiger partial charge >= 0.3 is 9.90 Å². The van der Waals surface area contributed by atoms with Crippen molar-refractivity contribution in [1.82, 2.24) is 5.32 Å². The van der Waals surface area contributed by atoms with E-state index in [-0.39, 0.29) is 43.8 Å². The van der Waals surface area contributed by atoms with E-state index >= 15 is 8.87 Å². The quantitative estimate of drug-likeness (QED) is 0.0903. The smallest absolute Gasteiger partial charge is 0.322 e. The Hall–Kier alpha value is -2.37. The summed E-state index contributed by atoms with van der Waals surface area (Å²) in [6.45, 7) is 7.26. The minimum atomic E-state index is -3.27. The number of carbonyl (C=O) groups excluding carboxylic acids is 3. The highest BCUT2D eigenvalue weighted by molar-refractivity contribution is 14.1. The fourth-order valence-electron chi connectivity index (χ4n) is 5.44. The molecule has 2 aromatic carbocycles. The number of anilines is 1. The summed E-state index contributed by atoms with van der Waals surface area (Å²) in [6, 6.07) is 4.95. The molecule has 2 atom stereocenters. The molecule has 2 fully saturated rings. The number of nitrogens with zero attached hydrogens (tertiary/aromatic N) is 1. The van der Waals surface area contributed by atoms with Gasteiger partial charge in [-0.25, -0.2) is 4.39 Å². The van der Waals surface area contributed by atoms with Gasteiger partial charge in [-0.1, -0.05) is 4.48 Å². The number of hydrogen-bond acceptors (Lipinski definition) is 6. The molecule has 8 nitrogen and oxygen atoms in total. The van der Waals surface area contributed by atoms with Gasteiger partial charge in [0, 0.05) is 43.8 Å². The maximum atomic E-state index is 15.2. The van der Waals surface area contributed by atoms with E-state index in [0.717, 1.165) is 34.7 Å². The van der Waals surface area contributed by atoms with Gasteiger partial charge in [-0.15, -0.1) is 5.12 Å². The lowest BCUT2D eigenvalue weighted by Crippen LogP contribution is -2.52. The van der Waals surface area contributed by atoms with Gasteiger partial charge in [0.1, 0.15) is 11.4 Å². The number of ether oxygens (including phenoxy) is 3. The van der Waals surface area contributed by atoms with Crippen LogP contribution in [0.3, 0.4) is 0 Å². The van der Waals surface area contributed by atoms with Gasteiger partial charge in [0.15, 0.2) is 11.6 Å². The van der Waals surface area contributed by atoms with Crippen LogP contribution in [0.4, 0.5) is 23.3 Å². The van der Waals surface area contributed by atoms with Crippen molar-refractivity contribution >= 4 is 68.7 Å². The highest BCUT2D eigenvalue weighted by atomic mass is 127. The van der Waals surface area contributed by atoms with Crippen molar-refractivity contribution in [2.24, 2.45) is 11.3 Å². The summed E-state index contributed by atoms with van der Waals surface area (Å²) in [7, 11) is 1.27. The molecule has 0 bridgehead atoms. The summed E-state index contributed by atoms with van der Waals surface area (Å²) in [6.07, 6.45) is 2.10. The molecule has 14 heteroatoms. The van der Waals surface area contributed by atoms with Crippen LogP contribution in [0.15, 0.2) is 30.3 Å². The second kappa shape index (κ2) is 14.0. The molecule has 2 saturated carbocycles. The molecule has 4 rings (SSSR count). The van der Waals surface area contributed by atoms with Gasteiger partial charge in [0.2, 0.25) is 0 Å². The molecule has 0 aromatic heterocycles. The normalized spacial score (nSPS) is 23.2. The zero-order valence-corrected chi connectivity index (χ0v) is 30.3. The van der Waals surface area contributed by atoms with Crippen LogP contribution < -0.4 is 19.9 Å². The highest BCUT2D eigenvalue weighted by Crippen LogP contribution is 2.42. The summed E-state index contributed by atoms with van der Waals surface area (Å²) in [5.74, 6) is -3.88. The van der Waals surface area contributed by atoms with Gasteiger partial charge < -0.3 is 19.5 Å². The monoisotopic (exact) mass is 874 g/mol. The summed E-state index contributed by atoms with van der Waals surface area (Å²) < 4.78 is 71.8. The van der Waals surface area contributed by atoms with Crippen LogP contribution >= 0.6 is 45.2 Å². The molecular weight excluding hydrogens is 838 g/mol. The SMILES string of the molecule is COc1cc(F)c(OC2CCC(C)(C(=O)OC(C)(C)C)CC2)cc1C(=O)N[C@@H]1CC[C@@H]1C(=O)N(F)c1ccc(I)c(C(F)(F)I)c1. The van der Waals surface area contributed by atoms with Crippen LogP contribution in [-0.4, -0.2) is 42.6 Å². The topological polar surface area (TPSA) is 94.2 Å². The summed E-state index contributed by atoms with van der Waals surface area (Å²) in [5.41, 5.74) is -2.12. The number of esters is 1. The summed E-state index contributed by atoms with van der Waals surface area (Å²) >= 11 is 2.65. The lowest BCUT2D eigenvalue weighted by Gasteiger charge is -2.37. The Balaban J connectivity index is 1.43. The van der Waals surface area contributed by atoms with Gasteiger partial charge in [-0.05, 0) is 113 Å². The summed E-state index contributed by atoms with van der Waals surface area (Å²) in [4.78, 5) is 39.1. The predicted molar refractivity (Wildman–Crippen MR) is 179 cm³/mol. The van der Waals surface area contributed by atoms with E-state index < -0.39 is 56.2 Å². The van der Waals surface area contributed by atoms with Gasteiger partial charge in [0.25, 0.3) is 11.8 Å². The molecule has 2 aromatic rings. The molecule has 1 N–H and O–H groups in total. The molecule has 0 saturated heterocycles. The minimum absolute atomic E-state index is 0.0462. The van der Waals surface area contributed by atoms with Gasteiger partial charge in [-0.2, -0.15) is 8.78 Å². The number of carbonyl (C=O) groups is 3. The second-order valence-electron chi connectivity index (χ2n) is 12.9. The van der Waals surface area contributed by atoms with Crippen molar-refractivity contribution in [3.05, 3.63) is 50.8 Å². The molecule has 2 amide bonds. The molecule has 252 valence electrons. The number of rotatable bonds is 9. The Kier molecular flexibility index (Phi) is 11.1. The first-order valence-electron chi connectivity index (χ1n) is 14.8. The van der Waals surface area contributed by atoms with Gasteiger partial charge in [-0.3, -0.25) is 14.4 Å². The largest absolute Gasteiger partial charge is 0.496 e. The van der Waals surface area contributed by atoms with E-state index in [0.29, 0.717) is 32.1 Å². The van der Waals surface area contributed by atoms with Gasteiger partial charge in [0.05, 0.1) is 35.8 Å². The highest BCUT2D eigenvalue weighted by Gasteiger charge is 2.43. The third-order valence-electron chi connectivity index (χ3n) is 8.30. The average Bonchev–Trinajstić information content (AvgIpc) is 2.95. The van der Waals surface area contributed by atoms with E-state index in [1.807, 2.05) is 6.92 Å². The number of amides is 2. The van der Waals surface area contributed by atoms with Crippen molar-refractivity contribution in [2.75, 3.05) is 12.2 Å². The molecule has 2 aliphatic rings. The van der Waals surface area contributed by atoms with Crippen LogP contribution in [-0.2, 0) is 18.3 Å². The zero-order valence-electron chi connectivity index (χ0n) is 26.0. The maximum Gasteiger partial charge on any atom is 0.322 e. The third-order valence-corrected chi connectivity index (χ3v) is 9.83. The Labute approximate surface area is 292 Å². The first-order valence-corrected chi connectivity index (χ1v) is 16.9. The third kappa shape index (κ3) is 8.37. The lowest BCUT2D eigenvalue weighted by atomic mass is 9.74. The van der Waals surface area contributed by atoms with E-state index in [9.17, 15) is 23.2 Å². The van der Waals surface area contributed by atoms with Crippen LogP contribution in [0.5, 0.6) is 11.5 Å². The van der Waals surface area contributed by atoms with Crippen molar-refractivity contribution in [2.45, 2.75) is 87.9 Å². The molecular formula is C32H36F4I2N2O6. The fraction of sp³-hybridized carbons (Fsp3) is 0.531. The van der Waals surface area contributed by atoms with Crippen molar-refractivity contribution < 1.29 is 46.2 Å². The van der Waals surface area contributed by atoms with E-state index in [4.69, 9.17) is 14.2 Å². The Morgan fingerprint density at radius 2 is 1.67 bits per heavy atom. The maximum absolute atomic E-state index is 15.2. The molecule has 0 spiro atoms. The molecule has 2 aliphatic carbocycles. The first-order chi connectivity index (χ1) is 21.3. The van der Waals surface area contributed by atoms with Crippen LogP contribution in [0.25, 0.3) is 0 Å². The van der Waals surface area contributed by atoms with E-state index in [2.05, 4.69) is 5.32 Å². The Morgan fingerprint density at radius 1 is 1.02 bits per heavy atom. The Morgan fingerprint density at radius 3 is 2.22 bits per heavy atom. The van der Waals surface area contributed by atoms with Crippen molar-refractivity contribution in [3.63, 3.8) is 0 Å². The van der Waals surface area contributed by atoms with Crippen LogP contribution in [0.2, 0.25) is 0 Å². The number of halogens is 6. The standard InChI is InChI=1S/C32H36F4I2N2O6/c1-30(2,3)46-29(43)31(4)12-10-18(11-13-31)45-26-15-20(25(44-5)16-22(26)33)27(41)39-24-9-7-19(24)28(42)40(36)17-6-8-23(37)21(14-17)32(34,35)38/h6,8,14-16,18-19,24H,7,9-13H2,1-5H3,(H,39,41)/t18?,19-,24+,31?/m0/s1. The molecule has 46 heavy (non-hydrogen) atoms. The number of alkyl halides is 3. The van der Waals surface area contributed by atoms with E-state index in [1.165, 1.54) is 25.3 Å². The Bertz CT molecular complexity index is 1490.